The minimum atomic E-state index is -1.10. The van der Waals surface area contributed by atoms with Crippen LogP contribution >= 0.6 is 0 Å². The highest BCUT2D eigenvalue weighted by atomic mass is 16.7. The number of nitrogens with zero attached hydrogens (tertiary/aromatic N) is 5. The monoisotopic (exact) mass is 918 g/mol. The maximum Gasteiger partial charge on any atom is 0.311 e. The van der Waals surface area contributed by atoms with Crippen molar-refractivity contribution in [2.24, 2.45) is 23.7 Å². The lowest BCUT2D eigenvalue weighted by Gasteiger charge is -2.49. The molecule has 3 fully saturated rings. The van der Waals surface area contributed by atoms with Gasteiger partial charge in [-0.2, -0.15) is 0 Å². The van der Waals surface area contributed by atoms with Crippen molar-refractivity contribution in [3.05, 3.63) is 36.0 Å². The van der Waals surface area contributed by atoms with Crippen LogP contribution in [0.4, 0.5) is 0 Å². The summed E-state index contributed by atoms with van der Waals surface area (Å²) in [5.41, 5.74) is 0.830. The van der Waals surface area contributed by atoms with Gasteiger partial charge in [0.05, 0.1) is 60.4 Å². The third kappa shape index (κ3) is 13.1. The van der Waals surface area contributed by atoms with E-state index < -0.39 is 84.3 Å². The number of carbonyl (C=O) groups excluding carboxylic acids is 1. The zero-order valence-corrected chi connectivity index (χ0v) is 41.8. The van der Waals surface area contributed by atoms with Gasteiger partial charge in [0.25, 0.3) is 0 Å². The van der Waals surface area contributed by atoms with E-state index in [0.717, 1.165) is 24.8 Å². The number of rotatable bonds is 13. The summed E-state index contributed by atoms with van der Waals surface area (Å²) in [4.78, 5) is 18.9. The molecular weight excluding hydrogens is 835 g/mol. The van der Waals surface area contributed by atoms with Gasteiger partial charge in [-0.1, -0.05) is 63.6 Å². The van der Waals surface area contributed by atoms with Crippen LogP contribution in [0.15, 0.2) is 30.5 Å². The number of aliphatic hydroxyl groups excluding tert-OH is 3. The average molecular weight is 918 g/mol. The molecule has 5 rings (SSSR count). The van der Waals surface area contributed by atoms with Crippen molar-refractivity contribution >= 4 is 5.97 Å². The molecule has 0 radical (unpaired) electrons. The first kappa shape index (κ1) is 53.3. The Balaban J connectivity index is 1.55. The van der Waals surface area contributed by atoms with Crippen molar-refractivity contribution in [1.29, 1.82) is 0 Å². The van der Waals surface area contributed by atoms with E-state index in [4.69, 9.17) is 33.2 Å². The lowest BCUT2D eigenvalue weighted by atomic mass is 9.75. The van der Waals surface area contributed by atoms with E-state index in [1.54, 1.807) is 32.7 Å². The molecule has 65 heavy (non-hydrogen) atoms. The lowest BCUT2D eigenvalue weighted by molar-refractivity contribution is -0.319. The molecule has 0 bridgehead atoms. The summed E-state index contributed by atoms with van der Waals surface area (Å²) in [6.07, 6.45) is -1.70. The Bertz CT molecular complexity index is 1770. The van der Waals surface area contributed by atoms with Gasteiger partial charge in [0.2, 0.25) is 0 Å². The van der Waals surface area contributed by atoms with Gasteiger partial charge in [-0.05, 0) is 98.8 Å². The molecule has 3 N–H and O–H groups in total. The second-order valence-electron chi connectivity index (χ2n) is 20.4. The first-order chi connectivity index (χ1) is 30.6. The molecule has 3 saturated heterocycles. The lowest BCUT2D eigenvalue weighted by Crippen LogP contribution is -2.61. The van der Waals surface area contributed by atoms with Gasteiger partial charge in [0.1, 0.15) is 24.0 Å². The zero-order chi connectivity index (χ0) is 48.0. The summed E-state index contributed by atoms with van der Waals surface area (Å²) in [5, 5.41) is 43.9. The summed E-state index contributed by atoms with van der Waals surface area (Å²) >= 11 is 0. The van der Waals surface area contributed by atoms with Gasteiger partial charge < -0.3 is 58.3 Å². The van der Waals surface area contributed by atoms with E-state index in [-0.39, 0.29) is 36.9 Å². The molecule has 17 atom stereocenters. The molecule has 0 aliphatic carbocycles. The van der Waals surface area contributed by atoms with Crippen molar-refractivity contribution in [2.45, 2.75) is 186 Å². The summed E-state index contributed by atoms with van der Waals surface area (Å²) in [7, 11) is 8.97. The van der Waals surface area contributed by atoms with Crippen LogP contribution in [0.5, 0.6) is 0 Å². The number of hydrogen-bond acceptors (Lipinski definition) is 15. The average Bonchev–Trinajstić information content (AvgIpc) is 3.73. The molecule has 4 heterocycles. The smallest absolute Gasteiger partial charge is 0.311 e. The number of hydrogen-bond donors (Lipinski definition) is 3. The molecule has 3 aliphatic heterocycles. The van der Waals surface area contributed by atoms with Crippen LogP contribution in [-0.2, 0) is 50.9 Å². The number of unbranched alkanes of at least 4 members (excludes halogenated alkanes) is 1. The summed E-state index contributed by atoms with van der Waals surface area (Å²) in [5.74, 6) is -2.51. The molecule has 370 valence electrons. The number of aromatic nitrogens is 3. The quantitative estimate of drug-likeness (QED) is 0.230. The third-order valence-corrected chi connectivity index (χ3v) is 14.6. The number of methoxy groups -OCH3 is 2. The SMILES string of the molecule is CCCCc1ccc(-c2cn(C[C@H]3CN(C)C[C@@H](C)[C@@H](O)[C@H](C)C[C@@](C)(OC)[C@H](O[C@@H]4O[C@H](C)C[C@H](N(C)C)[C@H]4O)[C@@H](C)[C@H](O[C@H]4C[C@@](C)(OC)[C@@H](O)[C@H](C)O4)[C@@H](C)C(=O)O3)nn2)cc1. The summed E-state index contributed by atoms with van der Waals surface area (Å²) < 4.78 is 47.2. The molecule has 2 aromatic rings. The minimum absolute atomic E-state index is 0.171. The van der Waals surface area contributed by atoms with Crippen molar-refractivity contribution < 1.29 is 53.3 Å². The standard InChI is InChI=1S/C49H83N5O11/c1-15-16-17-35-18-20-36(21-19-35)38-28-54(51-50-38)27-37-26-53(12)25-30(3)41(55)29(2)23-49(9,60-14)45(65-47-42(56)39(52(10)11)22-31(4)61-47)32(5)43(33(6)46(58)63-37)64-40-24-48(8,59-13)44(57)34(7)62-40/h18-21,28-34,37,39-45,47,55-57H,15-17,22-27H2,1-14H3/t29-,30-,31-,32+,33-,34+,37-,39+,40+,41+,42-,43+,44+,45-,47+,48-,49-/m1/s1. The van der Waals surface area contributed by atoms with Gasteiger partial charge in [0, 0.05) is 51.3 Å². The highest BCUT2D eigenvalue weighted by molar-refractivity contribution is 5.73. The summed E-state index contributed by atoms with van der Waals surface area (Å²) in [6, 6.07) is 8.14. The fourth-order valence-electron chi connectivity index (χ4n) is 10.4. The second-order valence-corrected chi connectivity index (χ2v) is 20.4. The van der Waals surface area contributed by atoms with E-state index in [1.165, 1.54) is 5.56 Å². The molecular formula is C49H83N5O11. The van der Waals surface area contributed by atoms with E-state index in [0.29, 0.717) is 31.6 Å². The number of aryl methyl sites for hydroxylation is 1. The van der Waals surface area contributed by atoms with Gasteiger partial charge in [-0.25, -0.2) is 4.68 Å². The second kappa shape index (κ2) is 23.1. The van der Waals surface area contributed by atoms with E-state index in [9.17, 15) is 20.1 Å². The maximum absolute atomic E-state index is 14.8. The van der Waals surface area contributed by atoms with E-state index >= 15 is 0 Å². The number of benzene rings is 1. The Morgan fingerprint density at radius 3 is 2.20 bits per heavy atom. The molecule has 0 amide bonds. The van der Waals surface area contributed by atoms with Crippen LogP contribution in [0, 0.1) is 23.7 Å². The van der Waals surface area contributed by atoms with Crippen LogP contribution in [0.1, 0.15) is 100.0 Å². The largest absolute Gasteiger partial charge is 0.459 e. The van der Waals surface area contributed by atoms with Crippen LogP contribution in [0.25, 0.3) is 11.3 Å². The summed E-state index contributed by atoms with van der Waals surface area (Å²) in [6.45, 7) is 18.5. The van der Waals surface area contributed by atoms with Crippen molar-refractivity contribution in [3.63, 3.8) is 0 Å². The molecule has 3 aliphatic rings. The third-order valence-electron chi connectivity index (χ3n) is 14.6. The number of esters is 1. The molecule has 0 unspecified atom stereocenters. The fraction of sp³-hybridized carbons (Fsp3) is 0.816. The van der Waals surface area contributed by atoms with Gasteiger partial charge >= 0.3 is 5.97 Å². The zero-order valence-electron chi connectivity index (χ0n) is 41.8. The highest BCUT2D eigenvalue weighted by Crippen LogP contribution is 2.41. The van der Waals surface area contributed by atoms with Crippen LogP contribution in [0.2, 0.25) is 0 Å². The number of carbonyl (C=O) groups is 1. The Labute approximate surface area is 388 Å². The molecule has 0 spiro atoms. The predicted octanol–water partition coefficient (Wildman–Crippen LogP) is 4.94. The Hall–Kier alpha value is -2.61. The van der Waals surface area contributed by atoms with Crippen molar-refractivity contribution in [1.82, 2.24) is 24.8 Å². The molecule has 1 aromatic heterocycles. The predicted molar refractivity (Wildman–Crippen MR) is 247 cm³/mol. The molecule has 16 heteroatoms. The first-order valence-corrected chi connectivity index (χ1v) is 23.9. The van der Waals surface area contributed by atoms with Gasteiger partial charge in [-0.3, -0.25) is 4.79 Å². The highest BCUT2D eigenvalue weighted by Gasteiger charge is 2.52. The molecule has 1 aromatic carbocycles. The van der Waals surface area contributed by atoms with Gasteiger partial charge in [-0.15, -0.1) is 5.10 Å². The molecule has 16 nitrogen and oxygen atoms in total. The minimum Gasteiger partial charge on any atom is -0.459 e. The van der Waals surface area contributed by atoms with Crippen molar-refractivity contribution in [3.8, 4) is 11.3 Å². The van der Waals surface area contributed by atoms with Crippen molar-refractivity contribution in [2.75, 3.05) is 48.5 Å². The van der Waals surface area contributed by atoms with Crippen LogP contribution in [-0.4, -0.2) is 173 Å². The number of ether oxygens (including phenoxy) is 7. The van der Waals surface area contributed by atoms with E-state index in [1.807, 2.05) is 73.8 Å². The first-order valence-electron chi connectivity index (χ1n) is 23.9. The number of aliphatic hydroxyl groups is 3. The van der Waals surface area contributed by atoms with Gasteiger partial charge in [0.15, 0.2) is 12.6 Å². The van der Waals surface area contributed by atoms with E-state index in [2.05, 4.69) is 46.4 Å². The topological polar surface area (TPSA) is 180 Å². The number of cyclic esters (lactones) is 1. The Kier molecular flexibility index (Phi) is 19.0. The number of likely N-dealkylation sites (N-methyl/N-ethyl adjacent to an activating group) is 2. The van der Waals surface area contributed by atoms with Crippen LogP contribution < -0.4 is 0 Å². The Morgan fingerprint density at radius 2 is 1.57 bits per heavy atom. The Morgan fingerprint density at radius 1 is 0.892 bits per heavy atom. The normalized spacial score (nSPS) is 39.7. The van der Waals surface area contributed by atoms with Crippen LogP contribution in [0.3, 0.4) is 0 Å². The fourth-order valence-corrected chi connectivity index (χ4v) is 10.4. The molecule has 0 saturated carbocycles. The maximum atomic E-state index is 14.8.